The Morgan fingerprint density at radius 1 is 1.32 bits per heavy atom. The second-order valence-electron chi connectivity index (χ2n) is 5.13. The van der Waals surface area contributed by atoms with Gasteiger partial charge in [0.15, 0.2) is 5.82 Å². The summed E-state index contributed by atoms with van der Waals surface area (Å²) in [6, 6.07) is 5.60. The minimum Gasteiger partial charge on any atom is -0.398 e. The van der Waals surface area contributed by atoms with Gasteiger partial charge in [0, 0.05) is 5.69 Å². The Morgan fingerprint density at radius 2 is 2.05 bits per heavy atom. The summed E-state index contributed by atoms with van der Waals surface area (Å²) in [5.74, 6) is 1.19. The Morgan fingerprint density at radius 3 is 2.68 bits per heavy atom. The lowest BCUT2D eigenvalue weighted by Gasteiger charge is -2.16. The number of rotatable bonds is 4. The molecule has 1 heterocycles. The van der Waals surface area contributed by atoms with Crippen molar-refractivity contribution in [3.8, 4) is 11.4 Å². The molecule has 0 bridgehead atoms. The highest BCUT2D eigenvalue weighted by atomic mass is 35.5. The van der Waals surface area contributed by atoms with E-state index in [0.717, 1.165) is 6.42 Å². The molecule has 2 aromatic rings. The quantitative estimate of drug-likeness (QED) is 0.873. The third-order valence-electron chi connectivity index (χ3n) is 2.99. The Balaban J connectivity index is 2.45. The fraction of sp³-hybridized carbons (Fsp3) is 0.462. The number of anilines is 1. The van der Waals surface area contributed by atoms with Crippen molar-refractivity contribution >= 4 is 17.3 Å². The summed E-state index contributed by atoms with van der Waals surface area (Å²) < 4.78 is 1.79. The summed E-state index contributed by atoms with van der Waals surface area (Å²) in [5.41, 5.74) is 7.27. The second kappa shape index (κ2) is 5.57. The predicted molar refractivity (Wildman–Crippen MR) is 76.8 cm³/mol. The summed E-state index contributed by atoms with van der Waals surface area (Å²) in [6.07, 6.45) is 0.988. The van der Waals surface area contributed by atoms with Crippen LogP contribution in [0.15, 0.2) is 18.2 Å². The van der Waals surface area contributed by atoms with Crippen LogP contribution in [0.25, 0.3) is 11.4 Å². The molecule has 0 radical (unpaired) electrons. The molecule has 2 N–H and O–H groups in total. The van der Waals surface area contributed by atoms with Crippen molar-refractivity contribution in [3.05, 3.63) is 23.2 Å². The summed E-state index contributed by atoms with van der Waals surface area (Å²) in [5, 5.41) is 12.5. The molecule has 0 aliphatic rings. The van der Waals surface area contributed by atoms with E-state index in [1.54, 1.807) is 16.8 Å². The molecular formula is C13H18ClN5. The van der Waals surface area contributed by atoms with Gasteiger partial charge in [0.05, 0.1) is 16.6 Å². The lowest BCUT2D eigenvalue weighted by molar-refractivity contribution is 0.394. The average Bonchev–Trinajstić information content (AvgIpc) is 2.76. The van der Waals surface area contributed by atoms with Crippen LogP contribution in [0.3, 0.4) is 0 Å². The van der Waals surface area contributed by atoms with Crippen LogP contribution in [0.5, 0.6) is 0 Å². The van der Waals surface area contributed by atoms with E-state index < -0.39 is 0 Å². The van der Waals surface area contributed by atoms with Crippen molar-refractivity contribution in [3.63, 3.8) is 0 Å². The summed E-state index contributed by atoms with van der Waals surface area (Å²) >= 11 is 6.21. The van der Waals surface area contributed by atoms with Crippen LogP contribution in [0.2, 0.25) is 5.02 Å². The molecule has 1 unspecified atom stereocenters. The first-order valence-corrected chi connectivity index (χ1v) is 6.70. The van der Waals surface area contributed by atoms with Gasteiger partial charge in [-0.15, -0.1) is 5.10 Å². The van der Waals surface area contributed by atoms with Crippen molar-refractivity contribution in [2.45, 2.75) is 33.2 Å². The van der Waals surface area contributed by atoms with E-state index in [1.807, 2.05) is 6.07 Å². The Bertz CT molecular complexity index is 544. The van der Waals surface area contributed by atoms with Crippen molar-refractivity contribution in [2.24, 2.45) is 5.92 Å². The van der Waals surface area contributed by atoms with Crippen molar-refractivity contribution in [2.75, 3.05) is 5.73 Å². The normalized spacial score (nSPS) is 12.9. The highest BCUT2D eigenvalue weighted by Crippen LogP contribution is 2.33. The van der Waals surface area contributed by atoms with Crippen LogP contribution in [-0.4, -0.2) is 20.2 Å². The minimum atomic E-state index is 0.195. The van der Waals surface area contributed by atoms with Gasteiger partial charge in [0.1, 0.15) is 0 Å². The summed E-state index contributed by atoms with van der Waals surface area (Å²) in [7, 11) is 0. The van der Waals surface area contributed by atoms with Gasteiger partial charge in [-0.2, -0.15) is 0 Å². The van der Waals surface area contributed by atoms with E-state index in [4.69, 9.17) is 17.3 Å². The van der Waals surface area contributed by atoms with Crippen LogP contribution < -0.4 is 5.73 Å². The number of tetrazole rings is 1. The largest absolute Gasteiger partial charge is 0.398 e. The SMILES string of the molecule is CC(C)CC(C)n1nnnc1-c1c(N)cccc1Cl. The maximum absolute atomic E-state index is 6.21. The number of aromatic nitrogens is 4. The smallest absolute Gasteiger partial charge is 0.185 e. The van der Waals surface area contributed by atoms with Gasteiger partial charge in [0.2, 0.25) is 0 Å². The number of nitrogens with two attached hydrogens (primary N) is 1. The number of hydrogen-bond donors (Lipinski definition) is 1. The zero-order chi connectivity index (χ0) is 14.0. The third-order valence-corrected chi connectivity index (χ3v) is 3.31. The number of halogens is 1. The molecule has 0 saturated heterocycles. The monoisotopic (exact) mass is 279 g/mol. The van der Waals surface area contributed by atoms with Crippen molar-refractivity contribution in [1.82, 2.24) is 20.2 Å². The van der Waals surface area contributed by atoms with Crippen molar-refractivity contribution in [1.29, 1.82) is 0 Å². The molecule has 0 fully saturated rings. The highest BCUT2D eigenvalue weighted by molar-refractivity contribution is 6.33. The standard InChI is InChI=1S/C13H18ClN5/c1-8(2)7-9(3)19-13(16-17-18-19)12-10(14)5-4-6-11(12)15/h4-6,8-9H,7,15H2,1-3H3. The van der Waals surface area contributed by atoms with E-state index in [0.29, 0.717) is 28.0 Å². The molecule has 2 rings (SSSR count). The fourth-order valence-corrected chi connectivity index (χ4v) is 2.48. The van der Waals surface area contributed by atoms with Crippen LogP contribution >= 0.6 is 11.6 Å². The molecule has 1 aromatic carbocycles. The molecule has 19 heavy (non-hydrogen) atoms. The summed E-state index contributed by atoms with van der Waals surface area (Å²) in [4.78, 5) is 0. The Kier molecular flexibility index (Phi) is 4.04. The van der Waals surface area contributed by atoms with Crippen LogP contribution in [0, 0.1) is 5.92 Å². The number of hydrogen-bond acceptors (Lipinski definition) is 4. The molecule has 0 spiro atoms. The topological polar surface area (TPSA) is 69.6 Å². The maximum atomic E-state index is 6.21. The van der Waals surface area contributed by atoms with Gasteiger partial charge in [0.25, 0.3) is 0 Å². The first-order valence-electron chi connectivity index (χ1n) is 6.33. The first kappa shape index (κ1) is 13.8. The average molecular weight is 280 g/mol. The fourth-order valence-electron chi connectivity index (χ4n) is 2.21. The zero-order valence-electron chi connectivity index (χ0n) is 11.3. The molecule has 6 heteroatoms. The predicted octanol–water partition coefficient (Wildman–Crippen LogP) is 3.18. The highest BCUT2D eigenvalue weighted by Gasteiger charge is 2.19. The lowest BCUT2D eigenvalue weighted by atomic mass is 10.0. The third kappa shape index (κ3) is 2.87. The van der Waals surface area contributed by atoms with Gasteiger partial charge in [-0.25, -0.2) is 4.68 Å². The number of nitrogens with zero attached hydrogens (tertiary/aromatic N) is 4. The number of benzene rings is 1. The molecule has 5 nitrogen and oxygen atoms in total. The van der Waals surface area contributed by atoms with E-state index in [2.05, 4.69) is 36.3 Å². The van der Waals surface area contributed by atoms with Gasteiger partial charge in [-0.3, -0.25) is 0 Å². The molecular weight excluding hydrogens is 262 g/mol. The second-order valence-corrected chi connectivity index (χ2v) is 5.54. The number of nitrogen functional groups attached to an aromatic ring is 1. The first-order chi connectivity index (χ1) is 9.00. The lowest BCUT2D eigenvalue weighted by Crippen LogP contribution is -2.12. The molecule has 1 aromatic heterocycles. The summed E-state index contributed by atoms with van der Waals surface area (Å²) in [6.45, 7) is 6.43. The van der Waals surface area contributed by atoms with Gasteiger partial charge in [-0.1, -0.05) is 31.5 Å². The van der Waals surface area contributed by atoms with Gasteiger partial charge < -0.3 is 5.73 Å². The molecule has 102 valence electrons. The maximum Gasteiger partial charge on any atom is 0.185 e. The Hall–Kier alpha value is -1.62. The zero-order valence-corrected chi connectivity index (χ0v) is 12.1. The van der Waals surface area contributed by atoms with Gasteiger partial charge in [-0.05, 0) is 41.8 Å². The molecule has 1 atom stereocenters. The van der Waals surface area contributed by atoms with Crippen LogP contribution in [0.1, 0.15) is 33.2 Å². The van der Waals surface area contributed by atoms with Crippen LogP contribution in [0.4, 0.5) is 5.69 Å². The van der Waals surface area contributed by atoms with Crippen LogP contribution in [-0.2, 0) is 0 Å². The van der Waals surface area contributed by atoms with E-state index in [-0.39, 0.29) is 6.04 Å². The van der Waals surface area contributed by atoms with Gasteiger partial charge >= 0.3 is 0 Å². The van der Waals surface area contributed by atoms with E-state index in [9.17, 15) is 0 Å². The van der Waals surface area contributed by atoms with E-state index in [1.165, 1.54) is 0 Å². The Labute approximate surface area is 117 Å². The minimum absolute atomic E-state index is 0.195. The van der Waals surface area contributed by atoms with Crippen molar-refractivity contribution < 1.29 is 0 Å². The molecule has 0 amide bonds. The van der Waals surface area contributed by atoms with E-state index >= 15 is 0 Å². The molecule has 0 aliphatic heterocycles. The molecule has 0 saturated carbocycles. The molecule has 0 aliphatic carbocycles.